The number of carbonyl (C=O) groups excluding carboxylic acids is 1. The summed E-state index contributed by atoms with van der Waals surface area (Å²) in [6.45, 7) is -0.573. The third-order valence-electron chi connectivity index (χ3n) is 1.44. The molecule has 0 radical (unpaired) electrons. The molecule has 8 heteroatoms. The van der Waals surface area contributed by atoms with E-state index in [2.05, 4.69) is 0 Å². The molecule has 1 atom stereocenters. The van der Waals surface area contributed by atoms with Crippen LogP contribution in [0.25, 0.3) is 5.73 Å². The summed E-state index contributed by atoms with van der Waals surface area (Å²) >= 11 is 0. The third kappa shape index (κ3) is 8.97. The Morgan fingerprint density at radius 3 is 2.13 bits per heavy atom. The number of carboxylic acid groups (broad SMARTS) is 2. The van der Waals surface area contributed by atoms with E-state index in [0.717, 1.165) is 0 Å². The summed E-state index contributed by atoms with van der Waals surface area (Å²) in [7, 11) is 0. The molecule has 0 spiro atoms. The van der Waals surface area contributed by atoms with Gasteiger partial charge in [-0.1, -0.05) is 6.54 Å². The van der Waals surface area contributed by atoms with Crippen LogP contribution in [-0.2, 0) is 14.4 Å². The largest absolute Gasteiger partial charge is 1.00 e. The predicted octanol–water partition coefficient (Wildman–Crippen LogP) is -3.52. The second kappa shape index (κ2) is 9.25. The van der Waals surface area contributed by atoms with E-state index in [9.17, 15) is 14.4 Å². The van der Waals surface area contributed by atoms with Crippen molar-refractivity contribution in [3.63, 3.8) is 0 Å². The third-order valence-corrected chi connectivity index (χ3v) is 1.44. The van der Waals surface area contributed by atoms with Crippen LogP contribution in [0.15, 0.2) is 0 Å². The van der Waals surface area contributed by atoms with E-state index in [1.165, 1.54) is 0 Å². The number of carbonyl (C=O) groups is 3. The zero-order valence-corrected chi connectivity index (χ0v) is 11.4. The standard InChI is InChI=1S/C7H11N2O5.K/c8-3-5(10)9-4(7(13)14)1-2-6(11)12;/h4,8H,1-3H2,(H,9,10)(H,11,12)(H,13,14);/q-1;+1. The van der Waals surface area contributed by atoms with Crippen LogP contribution >= 0.6 is 0 Å². The number of hydrogen-bond donors (Lipinski definition) is 3. The van der Waals surface area contributed by atoms with E-state index in [4.69, 9.17) is 15.9 Å². The molecule has 0 fully saturated rings. The molecule has 1 unspecified atom stereocenters. The number of rotatable bonds is 6. The van der Waals surface area contributed by atoms with Gasteiger partial charge in [0.1, 0.15) is 6.04 Å². The first-order valence-electron chi connectivity index (χ1n) is 3.86. The minimum absolute atomic E-state index is 0. The maximum absolute atomic E-state index is 10.7. The Bertz CT molecular complexity index is 246. The van der Waals surface area contributed by atoms with E-state index in [0.29, 0.717) is 0 Å². The molecule has 15 heavy (non-hydrogen) atoms. The summed E-state index contributed by atoms with van der Waals surface area (Å²) in [4.78, 5) is 31.3. The van der Waals surface area contributed by atoms with Crippen molar-refractivity contribution in [1.29, 1.82) is 0 Å². The van der Waals surface area contributed by atoms with Crippen molar-refractivity contribution in [2.75, 3.05) is 6.54 Å². The molecule has 0 heterocycles. The summed E-state index contributed by atoms with van der Waals surface area (Å²) in [5.74, 6) is -3.16. The van der Waals surface area contributed by atoms with Crippen LogP contribution < -0.4 is 56.7 Å². The Labute approximate surface area is 129 Å². The monoisotopic (exact) mass is 242 g/mol. The molecule has 0 aliphatic rings. The minimum atomic E-state index is -1.30. The molecule has 0 saturated carbocycles. The van der Waals surface area contributed by atoms with Crippen LogP contribution in [0, 0.1) is 0 Å². The van der Waals surface area contributed by atoms with Gasteiger partial charge >= 0.3 is 63.3 Å². The number of nitrogens with one attached hydrogen (secondary N) is 2. The van der Waals surface area contributed by atoms with E-state index < -0.39 is 30.4 Å². The van der Waals surface area contributed by atoms with Crippen molar-refractivity contribution in [2.45, 2.75) is 18.9 Å². The van der Waals surface area contributed by atoms with Gasteiger partial charge < -0.3 is 21.3 Å². The van der Waals surface area contributed by atoms with Gasteiger partial charge in [0.25, 0.3) is 0 Å². The summed E-state index contributed by atoms with van der Waals surface area (Å²) in [6.07, 6.45) is -0.522. The van der Waals surface area contributed by atoms with Crippen LogP contribution in [0.1, 0.15) is 12.8 Å². The summed E-state index contributed by atoms with van der Waals surface area (Å²) in [6, 6.07) is -1.23. The topological polar surface area (TPSA) is 128 Å². The number of amides is 1. The first kappa shape index (κ1) is 17.4. The second-order valence-corrected chi connectivity index (χ2v) is 2.57. The zero-order chi connectivity index (χ0) is 11.1. The SMILES string of the molecule is [K+].[NH-]CC(=O)NC(CCC(=O)O)C(=O)O. The second-order valence-electron chi connectivity index (χ2n) is 2.57. The molecule has 0 saturated heterocycles. The maximum atomic E-state index is 10.7. The summed E-state index contributed by atoms with van der Waals surface area (Å²) < 4.78 is 0. The Hall–Kier alpha value is 0.00636. The van der Waals surface area contributed by atoms with Crippen LogP contribution in [0.3, 0.4) is 0 Å². The van der Waals surface area contributed by atoms with Gasteiger partial charge in [-0.25, -0.2) is 4.79 Å². The van der Waals surface area contributed by atoms with Gasteiger partial charge in [0.05, 0.1) is 0 Å². The molecule has 0 bridgehead atoms. The Balaban J connectivity index is 0. The van der Waals surface area contributed by atoms with Crippen LogP contribution in [-0.4, -0.2) is 40.6 Å². The molecule has 0 aliphatic heterocycles. The number of hydrogen-bond acceptors (Lipinski definition) is 3. The van der Waals surface area contributed by atoms with Gasteiger partial charge in [-0.2, -0.15) is 0 Å². The molecule has 0 aromatic rings. The van der Waals surface area contributed by atoms with Crippen LogP contribution in [0.4, 0.5) is 0 Å². The minimum Gasteiger partial charge on any atom is -0.670 e. The molecular weight excluding hydrogens is 231 g/mol. The van der Waals surface area contributed by atoms with Crippen molar-refractivity contribution >= 4 is 17.8 Å². The smallest absolute Gasteiger partial charge is 0.670 e. The molecular formula is C7H11KN2O5. The quantitative estimate of drug-likeness (QED) is 0.416. The Kier molecular flexibility index (Phi) is 10.7. The van der Waals surface area contributed by atoms with Crippen LogP contribution in [0.5, 0.6) is 0 Å². The van der Waals surface area contributed by atoms with Crippen molar-refractivity contribution in [3.05, 3.63) is 5.73 Å². The molecule has 0 aromatic heterocycles. The summed E-state index contributed by atoms with van der Waals surface area (Å²) in [5, 5.41) is 18.9. The molecule has 4 N–H and O–H groups in total. The molecule has 7 nitrogen and oxygen atoms in total. The van der Waals surface area contributed by atoms with Gasteiger partial charge in [-0.05, 0) is 6.42 Å². The predicted molar refractivity (Wildman–Crippen MR) is 45.6 cm³/mol. The first-order chi connectivity index (χ1) is 6.47. The van der Waals surface area contributed by atoms with Crippen molar-refractivity contribution in [2.24, 2.45) is 0 Å². The fourth-order valence-corrected chi connectivity index (χ4v) is 0.771. The van der Waals surface area contributed by atoms with Crippen molar-refractivity contribution in [1.82, 2.24) is 5.32 Å². The molecule has 80 valence electrons. The van der Waals surface area contributed by atoms with E-state index >= 15 is 0 Å². The molecule has 0 aromatic carbocycles. The average molecular weight is 242 g/mol. The number of aliphatic carboxylic acids is 2. The number of carboxylic acids is 2. The molecule has 0 aliphatic carbocycles. The van der Waals surface area contributed by atoms with Gasteiger partial charge in [0, 0.05) is 6.42 Å². The normalized spacial score (nSPS) is 11.0. The average Bonchev–Trinajstić information content (AvgIpc) is 2.10. The van der Waals surface area contributed by atoms with E-state index in [1.807, 2.05) is 5.32 Å². The van der Waals surface area contributed by atoms with Gasteiger partial charge in [-0.3, -0.25) is 9.59 Å². The van der Waals surface area contributed by atoms with Gasteiger partial charge in [0.2, 0.25) is 0 Å². The fraction of sp³-hybridized carbons (Fsp3) is 0.571. The van der Waals surface area contributed by atoms with E-state index in [1.54, 1.807) is 0 Å². The van der Waals surface area contributed by atoms with Gasteiger partial charge in [0.15, 0.2) is 5.91 Å². The Morgan fingerprint density at radius 1 is 1.27 bits per heavy atom. The molecule has 0 rings (SSSR count). The maximum Gasteiger partial charge on any atom is 1.00 e. The van der Waals surface area contributed by atoms with Gasteiger partial charge in [-0.15, -0.1) is 0 Å². The van der Waals surface area contributed by atoms with Crippen molar-refractivity contribution in [3.8, 4) is 0 Å². The van der Waals surface area contributed by atoms with Crippen molar-refractivity contribution < 1.29 is 76.0 Å². The van der Waals surface area contributed by atoms with Crippen LogP contribution in [0.2, 0.25) is 0 Å². The molecule has 1 amide bonds. The first-order valence-corrected chi connectivity index (χ1v) is 3.86. The zero-order valence-electron chi connectivity index (χ0n) is 8.32. The van der Waals surface area contributed by atoms with E-state index in [-0.39, 0.29) is 64.2 Å². The fourth-order valence-electron chi connectivity index (χ4n) is 0.771. The summed E-state index contributed by atoms with van der Waals surface area (Å²) in [5.41, 5.74) is 6.64. The Morgan fingerprint density at radius 2 is 1.80 bits per heavy atom.